The van der Waals surface area contributed by atoms with Crippen LogP contribution in [0.3, 0.4) is 0 Å². The lowest BCUT2D eigenvalue weighted by Crippen LogP contribution is -2.15. The van der Waals surface area contributed by atoms with E-state index in [0.717, 1.165) is 18.0 Å². The van der Waals surface area contributed by atoms with Gasteiger partial charge in [0.2, 0.25) is 5.78 Å². The maximum Gasteiger partial charge on any atom is 0.359 e. The molecule has 0 radical (unpaired) electrons. The summed E-state index contributed by atoms with van der Waals surface area (Å²) in [6.45, 7) is 0. The molecule has 0 fully saturated rings. The van der Waals surface area contributed by atoms with Gasteiger partial charge in [0.1, 0.15) is 0 Å². The number of hydrogen-bond donors (Lipinski definition) is 0. The van der Waals surface area contributed by atoms with Crippen LogP contribution >= 0.6 is 0 Å². The average molecular weight is 218 g/mol. The summed E-state index contributed by atoms with van der Waals surface area (Å²) in [6, 6.07) is 0. The van der Waals surface area contributed by atoms with E-state index < -0.39 is 29.4 Å². The highest BCUT2D eigenvalue weighted by molar-refractivity contribution is 6.06. The predicted octanol–water partition coefficient (Wildman–Crippen LogP) is 0.654. The second kappa shape index (κ2) is 4.16. The number of halogens is 2. The Morgan fingerprint density at radius 1 is 1.53 bits per heavy atom. The van der Waals surface area contributed by atoms with Gasteiger partial charge in [-0.1, -0.05) is 0 Å². The second-order valence-electron chi connectivity index (χ2n) is 2.72. The summed E-state index contributed by atoms with van der Waals surface area (Å²) < 4.78 is 29.7. The highest BCUT2D eigenvalue weighted by atomic mass is 19.3. The largest absolute Gasteiger partial charge is 0.464 e. The van der Waals surface area contributed by atoms with Crippen LogP contribution in [0.15, 0.2) is 6.20 Å². The van der Waals surface area contributed by atoms with Crippen LogP contribution in [0.25, 0.3) is 0 Å². The van der Waals surface area contributed by atoms with Gasteiger partial charge in [0.15, 0.2) is 5.69 Å². The number of nitrogens with zero attached hydrogens (tertiary/aromatic N) is 2. The number of carbonyl (C=O) groups excluding carboxylic acids is 2. The third-order valence-corrected chi connectivity index (χ3v) is 1.67. The van der Waals surface area contributed by atoms with Crippen molar-refractivity contribution in [1.29, 1.82) is 0 Å². The Hall–Kier alpha value is -1.79. The monoisotopic (exact) mass is 218 g/mol. The molecule has 1 aromatic rings. The lowest BCUT2D eigenvalue weighted by atomic mass is 10.1. The van der Waals surface area contributed by atoms with Gasteiger partial charge < -0.3 is 4.74 Å². The van der Waals surface area contributed by atoms with Gasteiger partial charge in [0, 0.05) is 13.2 Å². The molecule has 0 aliphatic rings. The number of carbonyl (C=O) groups is 2. The number of esters is 1. The minimum absolute atomic E-state index is 0.398. The lowest BCUT2D eigenvalue weighted by Gasteiger charge is -1.98. The molecule has 0 bridgehead atoms. The van der Waals surface area contributed by atoms with Gasteiger partial charge in [0.25, 0.3) is 0 Å². The summed E-state index contributed by atoms with van der Waals surface area (Å²) >= 11 is 0. The molecule has 0 aromatic carbocycles. The van der Waals surface area contributed by atoms with Crippen molar-refractivity contribution < 1.29 is 23.1 Å². The van der Waals surface area contributed by atoms with Crippen molar-refractivity contribution in [2.75, 3.05) is 7.11 Å². The predicted molar refractivity (Wildman–Crippen MR) is 44.9 cm³/mol. The van der Waals surface area contributed by atoms with Crippen molar-refractivity contribution in [1.82, 2.24) is 9.78 Å². The molecule has 82 valence electrons. The number of aromatic nitrogens is 2. The first-order valence-corrected chi connectivity index (χ1v) is 3.91. The van der Waals surface area contributed by atoms with Crippen LogP contribution in [0, 0.1) is 0 Å². The molecular formula is C8H8F2N2O3. The zero-order valence-corrected chi connectivity index (χ0v) is 8.03. The summed E-state index contributed by atoms with van der Waals surface area (Å²) in [5.74, 6) is -2.36. The van der Waals surface area contributed by atoms with Crippen molar-refractivity contribution in [2.24, 2.45) is 7.05 Å². The first kappa shape index (κ1) is 11.3. The fraction of sp³-hybridized carbons (Fsp3) is 0.375. The third-order valence-electron chi connectivity index (χ3n) is 1.67. The molecule has 1 aromatic heterocycles. The Morgan fingerprint density at radius 2 is 2.13 bits per heavy atom. The van der Waals surface area contributed by atoms with E-state index in [0.29, 0.717) is 0 Å². The molecule has 0 spiro atoms. The van der Waals surface area contributed by atoms with Gasteiger partial charge >= 0.3 is 12.4 Å². The van der Waals surface area contributed by atoms with Crippen molar-refractivity contribution in [3.8, 4) is 0 Å². The lowest BCUT2D eigenvalue weighted by molar-refractivity contribution is 0.0579. The molecule has 0 unspecified atom stereocenters. The topological polar surface area (TPSA) is 61.2 Å². The first-order chi connectivity index (χ1) is 6.97. The number of rotatable bonds is 3. The van der Waals surface area contributed by atoms with Gasteiger partial charge in [-0.25, -0.2) is 13.6 Å². The standard InChI is InChI=1S/C8H8F2N2O3/c1-12-3-4(6(13)7(9)10)5(11-12)8(14)15-2/h3,7H,1-2H3. The minimum Gasteiger partial charge on any atom is -0.464 e. The average Bonchev–Trinajstić information content (AvgIpc) is 2.57. The highest BCUT2D eigenvalue weighted by Crippen LogP contribution is 2.12. The SMILES string of the molecule is COC(=O)c1nn(C)cc1C(=O)C(F)F. The quantitative estimate of drug-likeness (QED) is 0.552. The fourth-order valence-electron chi connectivity index (χ4n) is 1.03. The van der Waals surface area contributed by atoms with E-state index in [1.54, 1.807) is 0 Å². The zero-order valence-electron chi connectivity index (χ0n) is 8.03. The molecule has 0 aliphatic heterocycles. The van der Waals surface area contributed by atoms with Gasteiger partial charge in [-0.05, 0) is 0 Å². The molecule has 0 N–H and O–H groups in total. The van der Waals surface area contributed by atoms with E-state index in [9.17, 15) is 18.4 Å². The van der Waals surface area contributed by atoms with Crippen molar-refractivity contribution in [3.63, 3.8) is 0 Å². The van der Waals surface area contributed by atoms with Crippen molar-refractivity contribution in [2.45, 2.75) is 6.43 Å². The highest BCUT2D eigenvalue weighted by Gasteiger charge is 2.27. The molecule has 1 heterocycles. The summed E-state index contributed by atoms with van der Waals surface area (Å²) in [7, 11) is 2.49. The number of ether oxygens (including phenoxy) is 1. The van der Waals surface area contributed by atoms with Gasteiger partial charge in [-0.15, -0.1) is 0 Å². The van der Waals surface area contributed by atoms with E-state index in [1.807, 2.05) is 0 Å². The second-order valence-corrected chi connectivity index (χ2v) is 2.72. The number of hydrogen-bond acceptors (Lipinski definition) is 4. The van der Waals surface area contributed by atoms with Crippen LogP contribution in [0.2, 0.25) is 0 Å². The molecule has 0 saturated heterocycles. The van der Waals surface area contributed by atoms with E-state index in [4.69, 9.17) is 0 Å². The number of ketones is 1. The fourth-order valence-corrected chi connectivity index (χ4v) is 1.03. The molecule has 15 heavy (non-hydrogen) atoms. The maximum absolute atomic E-state index is 12.1. The van der Waals surface area contributed by atoms with Gasteiger partial charge in [0.05, 0.1) is 12.7 Å². The smallest absolute Gasteiger partial charge is 0.359 e. The van der Waals surface area contributed by atoms with Crippen molar-refractivity contribution in [3.05, 3.63) is 17.5 Å². The zero-order chi connectivity index (χ0) is 11.6. The molecule has 0 atom stereocenters. The van der Waals surface area contributed by atoms with Gasteiger partial charge in [-0.3, -0.25) is 9.48 Å². The Kier molecular flexibility index (Phi) is 3.13. The third kappa shape index (κ3) is 2.17. The first-order valence-electron chi connectivity index (χ1n) is 3.91. The molecule has 1 rings (SSSR count). The molecule has 0 aliphatic carbocycles. The normalized spacial score (nSPS) is 10.5. The van der Waals surface area contributed by atoms with Crippen LogP contribution in [-0.4, -0.2) is 35.1 Å². The Labute approximate surface area is 83.6 Å². The summed E-state index contributed by atoms with van der Waals surface area (Å²) in [6.07, 6.45) is -2.11. The Morgan fingerprint density at radius 3 is 2.60 bits per heavy atom. The summed E-state index contributed by atoms with van der Waals surface area (Å²) in [5, 5.41) is 3.57. The molecule has 7 heteroatoms. The van der Waals surface area contributed by atoms with Crippen LogP contribution in [0.5, 0.6) is 0 Å². The van der Waals surface area contributed by atoms with E-state index >= 15 is 0 Å². The maximum atomic E-state index is 12.1. The van der Waals surface area contributed by atoms with E-state index in [-0.39, 0.29) is 0 Å². The van der Waals surface area contributed by atoms with Crippen LogP contribution in [-0.2, 0) is 11.8 Å². The Balaban J connectivity index is 3.17. The van der Waals surface area contributed by atoms with Crippen molar-refractivity contribution >= 4 is 11.8 Å². The number of methoxy groups -OCH3 is 1. The van der Waals surface area contributed by atoms with Crippen LogP contribution in [0.1, 0.15) is 20.8 Å². The van der Waals surface area contributed by atoms with Crippen LogP contribution in [0.4, 0.5) is 8.78 Å². The summed E-state index contributed by atoms with van der Waals surface area (Å²) in [5.41, 5.74) is -0.829. The summed E-state index contributed by atoms with van der Waals surface area (Å²) in [4.78, 5) is 22.1. The Bertz CT molecular complexity index is 401. The number of Topliss-reactive ketones (excluding diaryl/α,β-unsaturated/α-hetero) is 1. The molecule has 0 amide bonds. The number of alkyl halides is 2. The number of aryl methyl sites for hydroxylation is 1. The van der Waals surface area contributed by atoms with Crippen LogP contribution < -0.4 is 0 Å². The molecule has 0 saturated carbocycles. The molecule has 5 nitrogen and oxygen atoms in total. The minimum atomic E-state index is -3.17. The molecular weight excluding hydrogens is 210 g/mol. The van der Waals surface area contributed by atoms with E-state index in [2.05, 4.69) is 9.84 Å². The van der Waals surface area contributed by atoms with E-state index in [1.165, 1.54) is 7.05 Å². The van der Waals surface area contributed by atoms with Gasteiger partial charge in [-0.2, -0.15) is 5.10 Å².